The molecule has 3 aromatic rings. The highest BCUT2D eigenvalue weighted by molar-refractivity contribution is 7.92. The van der Waals surface area contributed by atoms with Crippen LogP contribution in [0.4, 0.5) is 21.2 Å². The lowest BCUT2D eigenvalue weighted by Crippen LogP contribution is -2.34. The van der Waals surface area contributed by atoms with Gasteiger partial charge in [-0.3, -0.25) is 10.6 Å². The smallest absolute Gasteiger partial charge is 0.334 e. The average Bonchev–Trinajstić information content (AvgIpc) is 3.17. The number of benzene rings is 1. The normalized spacial score (nSPS) is 10.9. The molecule has 0 saturated heterocycles. The van der Waals surface area contributed by atoms with Crippen LogP contribution in [0.25, 0.3) is 10.1 Å². The second-order valence-corrected chi connectivity index (χ2v) is 9.00. The summed E-state index contributed by atoms with van der Waals surface area (Å²) in [7, 11) is 0.201. The first-order valence-electron chi connectivity index (χ1n) is 8.70. The van der Waals surface area contributed by atoms with Gasteiger partial charge in [0.15, 0.2) is 0 Å². The van der Waals surface area contributed by atoms with Crippen LogP contribution < -0.4 is 30.1 Å². The number of aromatic nitrogens is 1. The van der Waals surface area contributed by atoms with E-state index in [-0.39, 0.29) is 21.6 Å². The molecule has 4 amide bonds. The van der Waals surface area contributed by atoms with Crippen molar-refractivity contribution in [1.29, 1.82) is 0 Å². The second kappa shape index (κ2) is 9.06. The fourth-order valence-corrected chi connectivity index (χ4v) is 4.79. The van der Waals surface area contributed by atoms with Gasteiger partial charge in [0.1, 0.15) is 27.3 Å². The molecule has 1 aromatic carbocycles. The molecule has 0 saturated carbocycles. The maximum Gasteiger partial charge on any atom is 0.334 e. The van der Waals surface area contributed by atoms with E-state index in [1.54, 1.807) is 18.2 Å². The second-order valence-electron chi connectivity index (χ2n) is 6.01. The molecule has 2 heterocycles. The molecule has 0 spiro atoms. The Bertz CT molecular complexity index is 1240. The first-order valence-corrected chi connectivity index (χ1v) is 11.0. The van der Waals surface area contributed by atoms with E-state index in [0.717, 1.165) is 16.0 Å². The fraction of sp³-hybridized carbons (Fsp3) is 0.167. The van der Waals surface area contributed by atoms with E-state index in [1.807, 2.05) is 4.72 Å². The summed E-state index contributed by atoms with van der Waals surface area (Å²) in [4.78, 5) is 27.8. The number of sulfonamides is 1. The molecule has 2 aromatic heterocycles. The molecule has 13 heteroatoms. The third kappa shape index (κ3) is 5.32. The molecule has 164 valence electrons. The Hall–Kier alpha value is -3.58. The zero-order valence-electron chi connectivity index (χ0n) is 16.7. The monoisotopic (exact) mass is 465 g/mol. The van der Waals surface area contributed by atoms with Gasteiger partial charge in [-0.05, 0) is 29.7 Å². The number of thiophene rings is 1. The van der Waals surface area contributed by atoms with Crippen molar-refractivity contribution < 1.29 is 27.5 Å². The highest BCUT2D eigenvalue weighted by atomic mass is 32.2. The summed E-state index contributed by atoms with van der Waals surface area (Å²) in [6.07, 6.45) is 0. The molecule has 0 aliphatic heterocycles. The van der Waals surface area contributed by atoms with E-state index < -0.39 is 22.1 Å². The molecule has 0 fully saturated rings. The quantitative estimate of drug-likeness (QED) is 0.437. The fourth-order valence-electron chi connectivity index (χ4n) is 2.50. The van der Waals surface area contributed by atoms with Crippen LogP contribution >= 0.6 is 11.3 Å². The van der Waals surface area contributed by atoms with Crippen LogP contribution in [0.1, 0.15) is 0 Å². The van der Waals surface area contributed by atoms with Crippen molar-refractivity contribution >= 4 is 55.1 Å². The van der Waals surface area contributed by atoms with Crippen LogP contribution in [0.3, 0.4) is 0 Å². The number of rotatable bonds is 6. The van der Waals surface area contributed by atoms with Crippen LogP contribution in [0.2, 0.25) is 0 Å². The van der Waals surface area contributed by atoms with Gasteiger partial charge in [0.2, 0.25) is 0 Å². The number of hydrogen-bond donors (Lipinski definition) is 4. The Morgan fingerprint density at radius 3 is 2.19 bits per heavy atom. The first kappa shape index (κ1) is 22.1. The van der Waals surface area contributed by atoms with E-state index in [1.165, 1.54) is 39.5 Å². The molecular formula is C18H19N5O6S2. The van der Waals surface area contributed by atoms with Crippen molar-refractivity contribution in [3.63, 3.8) is 0 Å². The number of ether oxygens (including phenoxy) is 2. The molecule has 3 rings (SSSR count). The zero-order chi connectivity index (χ0) is 22.6. The molecule has 0 atom stereocenters. The minimum absolute atomic E-state index is 0.0282. The predicted molar refractivity (Wildman–Crippen MR) is 117 cm³/mol. The number of carbonyl (C=O) groups is 2. The van der Waals surface area contributed by atoms with Crippen molar-refractivity contribution in [1.82, 2.24) is 15.0 Å². The Labute approximate surface area is 181 Å². The Kier molecular flexibility index (Phi) is 6.46. The molecular weight excluding hydrogens is 446 g/mol. The average molecular weight is 466 g/mol. The van der Waals surface area contributed by atoms with Gasteiger partial charge in [-0.25, -0.2) is 27.7 Å². The molecule has 31 heavy (non-hydrogen) atoms. The number of urea groups is 2. The highest BCUT2D eigenvalue weighted by Gasteiger charge is 2.21. The lowest BCUT2D eigenvalue weighted by molar-refractivity contribution is 0.253. The summed E-state index contributed by atoms with van der Waals surface area (Å²) >= 11 is 1.01. The van der Waals surface area contributed by atoms with Gasteiger partial charge in [0.25, 0.3) is 10.0 Å². The van der Waals surface area contributed by atoms with E-state index in [2.05, 4.69) is 20.9 Å². The summed E-state index contributed by atoms with van der Waals surface area (Å²) in [5.41, 5.74) is 0. The minimum atomic E-state index is -4.13. The third-order valence-electron chi connectivity index (χ3n) is 3.94. The zero-order valence-corrected chi connectivity index (χ0v) is 18.3. The molecule has 0 aliphatic rings. The van der Waals surface area contributed by atoms with Gasteiger partial charge in [-0.1, -0.05) is 0 Å². The number of carbonyl (C=O) groups excluding carboxylic acids is 2. The molecule has 11 nitrogen and oxygen atoms in total. The van der Waals surface area contributed by atoms with Crippen molar-refractivity contribution in [2.75, 3.05) is 31.9 Å². The largest absolute Gasteiger partial charge is 0.497 e. The maximum absolute atomic E-state index is 12.6. The van der Waals surface area contributed by atoms with Crippen LogP contribution in [-0.4, -0.2) is 46.7 Å². The molecule has 4 N–H and O–H groups in total. The van der Waals surface area contributed by atoms with Crippen LogP contribution in [0, 0.1) is 0 Å². The number of nitrogens with zero attached hydrogens (tertiary/aromatic N) is 1. The lowest BCUT2D eigenvalue weighted by atomic mass is 10.2. The summed E-state index contributed by atoms with van der Waals surface area (Å²) in [5, 5.41) is 7.79. The number of hydrogen-bond acceptors (Lipinski definition) is 8. The predicted octanol–water partition coefficient (Wildman–Crippen LogP) is 2.58. The van der Waals surface area contributed by atoms with Crippen molar-refractivity contribution in [3.8, 4) is 11.5 Å². The highest BCUT2D eigenvalue weighted by Crippen LogP contribution is 2.31. The van der Waals surface area contributed by atoms with Crippen LogP contribution in [-0.2, 0) is 10.0 Å². The lowest BCUT2D eigenvalue weighted by Gasteiger charge is -2.11. The first-order chi connectivity index (χ1) is 14.7. The van der Waals surface area contributed by atoms with Crippen LogP contribution in [0.5, 0.6) is 11.5 Å². The van der Waals surface area contributed by atoms with Gasteiger partial charge in [-0.2, -0.15) is 0 Å². The Morgan fingerprint density at radius 2 is 1.58 bits per heavy atom. The number of pyridine rings is 1. The van der Waals surface area contributed by atoms with Crippen LogP contribution in [0.15, 0.2) is 40.6 Å². The number of anilines is 2. The molecule has 0 unspecified atom stereocenters. The maximum atomic E-state index is 12.6. The summed E-state index contributed by atoms with van der Waals surface area (Å²) in [5.74, 6) is 0.943. The molecule has 0 radical (unpaired) electrons. The molecule has 0 aliphatic carbocycles. The SMILES string of the molecule is CNC(=O)Nc1cc(OC)cc(NC(=O)NS(=O)(=O)c2cc3cc(OC)ccc3s2)n1. The van der Waals surface area contributed by atoms with Gasteiger partial charge in [0, 0.05) is 23.9 Å². The van der Waals surface area contributed by atoms with Crippen molar-refractivity contribution in [2.45, 2.75) is 4.21 Å². The van der Waals surface area contributed by atoms with E-state index in [9.17, 15) is 18.0 Å². The van der Waals surface area contributed by atoms with Gasteiger partial charge in [0.05, 0.1) is 14.2 Å². The summed E-state index contributed by atoms with van der Waals surface area (Å²) in [6.45, 7) is 0. The van der Waals surface area contributed by atoms with Crippen molar-refractivity contribution in [2.24, 2.45) is 0 Å². The number of methoxy groups -OCH3 is 2. The van der Waals surface area contributed by atoms with Gasteiger partial charge < -0.3 is 14.8 Å². The van der Waals surface area contributed by atoms with E-state index in [0.29, 0.717) is 11.1 Å². The van der Waals surface area contributed by atoms with Gasteiger partial charge >= 0.3 is 12.1 Å². The summed E-state index contributed by atoms with van der Waals surface area (Å²) in [6, 6.07) is 7.85. The van der Waals surface area contributed by atoms with E-state index >= 15 is 0 Å². The Balaban J connectivity index is 1.78. The summed E-state index contributed by atoms with van der Waals surface area (Å²) < 4.78 is 38.1. The topological polar surface area (TPSA) is 148 Å². The van der Waals surface area contributed by atoms with Crippen molar-refractivity contribution in [3.05, 3.63) is 36.4 Å². The van der Waals surface area contributed by atoms with Gasteiger partial charge in [-0.15, -0.1) is 11.3 Å². The third-order valence-corrected chi connectivity index (χ3v) is 6.86. The van der Waals surface area contributed by atoms with E-state index in [4.69, 9.17) is 9.47 Å². The number of nitrogens with one attached hydrogen (secondary N) is 4. The Morgan fingerprint density at radius 1 is 0.935 bits per heavy atom. The minimum Gasteiger partial charge on any atom is -0.497 e. The molecule has 0 bridgehead atoms. The standard InChI is InChI=1S/C18H19N5O6S2/c1-19-17(24)21-14-8-12(29-3)9-15(20-14)22-18(25)23-31(26,27)16-7-10-6-11(28-2)4-5-13(10)30-16/h4-9H,1-3H3,(H4,19,20,21,22,23,24,25). The number of fused-ring (bicyclic) bond motifs is 1. The number of amides is 4.